The normalized spacial score (nSPS) is 17.6. The molecule has 1 aliphatic heterocycles. The number of nitrogens with one attached hydrogen (secondary N) is 1. The molecule has 112 valence electrons. The van der Waals surface area contributed by atoms with Crippen LogP contribution in [0.2, 0.25) is 5.02 Å². The number of hydrogen-bond acceptors (Lipinski definition) is 4. The minimum atomic E-state index is -0.227. The summed E-state index contributed by atoms with van der Waals surface area (Å²) in [5.74, 6) is 0.634. The second-order valence-electron chi connectivity index (χ2n) is 5.84. The van der Waals surface area contributed by atoms with Crippen molar-refractivity contribution in [2.75, 3.05) is 32.0 Å². The van der Waals surface area contributed by atoms with E-state index in [0.717, 1.165) is 19.6 Å². The van der Waals surface area contributed by atoms with Gasteiger partial charge in [0, 0.05) is 6.54 Å². The van der Waals surface area contributed by atoms with E-state index < -0.39 is 0 Å². The molecule has 5 nitrogen and oxygen atoms in total. The van der Waals surface area contributed by atoms with Crippen LogP contribution in [0.4, 0.5) is 5.69 Å². The second kappa shape index (κ2) is 6.59. The number of halogens is 1. The second-order valence-corrected chi connectivity index (χ2v) is 6.22. The highest BCUT2D eigenvalue weighted by Gasteiger charge is 2.17. The lowest BCUT2D eigenvalue weighted by Crippen LogP contribution is -2.33. The molecule has 1 fully saturated rings. The number of hydrogen-bond donors (Lipinski definition) is 1. The first-order chi connectivity index (χ1) is 9.49. The van der Waals surface area contributed by atoms with E-state index in [9.17, 15) is 4.79 Å². The number of anilines is 1. The fourth-order valence-corrected chi connectivity index (χ4v) is 2.66. The van der Waals surface area contributed by atoms with Crippen LogP contribution < -0.4 is 10.9 Å². The molecule has 0 aliphatic carbocycles. The number of piperidine rings is 1. The first kappa shape index (κ1) is 15.3. The van der Waals surface area contributed by atoms with E-state index in [0.29, 0.717) is 11.6 Å². The smallest absolute Gasteiger partial charge is 0.287 e. The van der Waals surface area contributed by atoms with E-state index in [-0.39, 0.29) is 16.6 Å². The Kier molecular flexibility index (Phi) is 5.05. The summed E-state index contributed by atoms with van der Waals surface area (Å²) < 4.78 is 1.41. The van der Waals surface area contributed by atoms with E-state index >= 15 is 0 Å². The number of likely N-dealkylation sites (tertiary alicyclic amines) is 1. The summed E-state index contributed by atoms with van der Waals surface area (Å²) in [4.78, 5) is 14.4. The van der Waals surface area contributed by atoms with Crippen LogP contribution in [0.25, 0.3) is 0 Å². The van der Waals surface area contributed by atoms with Crippen molar-refractivity contribution >= 4 is 17.3 Å². The van der Waals surface area contributed by atoms with E-state index in [1.54, 1.807) is 6.20 Å². The van der Waals surface area contributed by atoms with Gasteiger partial charge in [0.15, 0.2) is 0 Å². The van der Waals surface area contributed by atoms with E-state index in [1.807, 2.05) is 13.8 Å². The fourth-order valence-electron chi connectivity index (χ4n) is 2.46. The number of aromatic nitrogens is 2. The quantitative estimate of drug-likeness (QED) is 0.926. The van der Waals surface area contributed by atoms with Gasteiger partial charge in [0.25, 0.3) is 5.56 Å². The summed E-state index contributed by atoms with van der Waals surface area (Å²) in [6.07, 6.45) is 4.01. The predicted molar refractivity (Wildman–Crippen MR) is 82.6 cm³/mol. The molecule has 0 radical (unpaired) electrons. The molecule has 1 aromatic rings. The van der Waals surface area contributed by atoms with Gasteiger partial charge in [-0.15, -0.1) is 0 Å². The molecule has 1 saturated heterocycles. The molecule has 0 amide bonds. The molecular weight excluding hydrogens is 276 g/mol. The zero-order valence-corrected chi connectivity index (χ0v) is 13.2. The van der Waals surface area contributed by atoms with Crippen LogP contribution in [0.3, 0.4) is 0 Å². The summed E-state index contributed by atoms with van der Waals surface area (Å²) in [6, 6.07) is 0.0166. The number of nitrogens with zero attached hydrogens (tertiary/aromatic N) is 3. The van der Waals surface area contributed by atoms with Crippen molar-refractivity contribution < 1.29 is 0 Å². The number of rotatable bonds is 4. The molecule has 2 heterocycles. The van der Waals surface area contributed by atoms with Crippen LogP contribution in [0.15, 0.2) is 11.0 Å². The van der Waals surface area contributed by atoms with Crippen molar-refractivity contribution in [3.63, 3.8) is 0 Å². The summed E-state index contributed by atoms with van der Waals surface area (Å²) in [7, 11) is 2.15. The molecule has 0 bridgehead atoms. The Morgan fingerprint density at radius 1 is 1.45 bits per heavy atom. The maximum atomic E-state index is 12.0. The van der Waals surface area contributed by atoms with E-state index in [2.05, 4.69) is 22.4 Å². The highest BCUT2D eigenvalue weighted by Crippen LogP contribution is 2.20. The molecule has 1 N–H and O–H groups in total. The van der Waals surface area contributed by atoms with Crippen LogP contribution in [-0.2, 0) is 0 Å². The zero-order valence-electron chi connectivity index (χ0n) is 12.4. The fraction of sp³-hybridized carbons (Fsp3) is 0.714. The molecule has 6 heteroatoms. The predicted octanol–water partition coefficient (Wildman–Crippen LogP) is 2.23. The van der Waals surface area contributed by atoms with Crippen molar-refractivity contribution in [2.45, 2.75) is 32.7 Å². The molecule has 0 aromatic carbocycles. The van der Waals surface area contributed by atoms with Gasteiger partial charge in [0.1, 0.15) is 5.02 Å². The van der Waals surface area contributed by atoms with Gasteiger partial charge in [-0.25, -0.2) is 4.68 Å². The topological polar surface area (TPSA) is 50.2 Å². The first-order valence-electron chi connectivity index (χ1n) is 7.18. The van der Waals surface area contributed by atoms with Crippen molar-refractivity contribution in [1.82, 2.24) is 14.7 Å². The van der Waals surface area contributed by atoms with Gasteiger partial charge >= 0.3 is 0 Å². The maximum absolute atomic E-state index is 12.0. The van der Waals surface area contributed by atoms with Gasteiger partial charge in [0.2, 0.25) is 0 Å². The molecule has 0 atom stereocenters. The molecule has 0 unspecified atom stereocenters. The van der Waals surface area contributed by atoms with Gasteiger partial charge in [-0.2, -0.15) is 5.10 Å². The maximum Gasteiger partial charge on any atom is 0.287 e. The van der Waals surface area contributed by atoms with Gasteiger partial charge < -0.3 is 10.2 Å². The molecule has 2 rings (SSSR count). The molecule has 1 aliphatic rings. The van der Waals surface area contributed by atoms with Crippen LogP contribution in [0, 0.1) is 5.92 Å². The van der Waals surface area contributed by atoms with Gasteiger partial charge in [-0.05, 0) is 52.7 Å². The average molecular weight is 299 g/mol. The Labute approximate surface area is 124 Å². The van der Waals surface area contributed by atoms with Crippen molar-refractivity contribution in [3.8, 4) is 0 Å². The van der Waals surface area contributed by atoms with E-state index in [1.165, 1.54) is 17.5 Å². The van der Waals surface area contributed by atoms with Crippen molar-refractivity contribution in [2.24, 2.45) is 5.92 Å². The average Bonchev–Trinajstić information content (AvgIpc) is 2.42. The Hall–Kier alpha value is -1.07. The van der Waals surface area contributed by atoms with Gasteiger partial charge in [-0.3, -0.25) is 4.79 Å². The lowest BCUT2D eigenvalue weighted by Gasteiger charge is -2.29. The minimum Gasteiger partial charge on any atom is -0.382 e. The largest absolute Gasteiger partial charge is 0.382 e. The molecule has 0 spiro atoms. The van der Waals surface area contributed by atoms with Crippen molar-refractivity contribution in [3.05, 3.63) is 21.6 Å². The monoisotopic (exact) mass is 298 g/mol. The molecule has 1 aromatic heterocycles. The van der Waals surface area contributed by atoms with Crippen LogP contribution in [0.5, 0.6) is 0 Å². The van der Waals surface area contributed by atoms with Gasteiger partial charge in [0.05, 0.1) is 17.9 Å². The molecule has 20 heavy (non-hydrogen) atoms. The zero-order chi connectivity index (χ0) is 14.7. The molecule has 0 saturated carbocycles. The molecular formula is C14H23ClN4O. The third-order valence-corrected chi connectivity index (χ3v) is 4.22. The first-order valence-corrected chi connectivity index (χ1v) is 7.56. The summed E-state index contributed by atoms with van der Waals surface area (Å²) in [5.41, 5.74) is 0.419. The Bertz CT molecular complexity index is 506. The Morgan fingerprint density at radius 3 is 2.70 bits per heavy atom. The standard InChI is InChI=1S/C14H23ClN4O/c1-10(2)19-14(20)13(15)12(9-17-19)16-8-11-4-6-18(3)7-5-11/h9-11,16H,4-8H2,1-3H3. The lowest BCUT2D eigenvalue weighted by atomic mass is 9.97. The third kappa shape index (κ3) is 3.52. The Morgan fingerprint density at radius 2 is 2.10 bits per heavy atom. The minimum absolute atomic E-state index is 0.0166. The summed E-state index contributed by atoms with van der Waals surface area (Å²) >= 11 is 6.14. The third-order valence-electron chi connectivity index (χ3n) is 3.85. The lowest BCUT2D eigenvalue weighted by molar-refractivity contribution is 0.226. The van der Waals surface area contributed by atoms with Crippen LogP contribution in [0.1, 0.15) is 32.7 Å². The Balaban J connectivity index is 2.00. The summed E-state index contributed by atoms with van der Waals surface area (Å²) in [5, 5.41) is 7.68. The SMILES string of the molecule is CC(C)n1ncc(NCC2CCN(C)CC2)c(Cl)c1=O. The van der Waals surface area contributed by atoms with Crippen LogP contribution in [-0.4, -0.2) is 41.4 Å². The van der Waals surface area contributed by atoms with E-state index in [4.69, 9.17) is 11.6 Å². The van der Waals surface area contributed by atoms with Gasteiger partial charge in [-0.1, -0.05) is 11.6 Å². The summed E-state index contributed by atoms with van der Waals surface area (Å²) in [6.45, 7) is 6.94. The highest BCUT2D eigenvalue weighted by atomic mass is 35.5. The van der Waals surface area contributed by atoms with Crippen molar-refractivity contribution in [1.29, 1.82) is 0 Å². The highest BCUT2D eigenvalue weighted by molar-refractivity contribution is 6.32. The van der Waals surface area contributed by atoms with Crippen LogP contribution >= 0.6 is 11.6 Å².